The lowest BCUT2D eigenvalue weighted by atomic mass is 9.88. The molecule has 1 aliphatic rings. The van der Waals surface area contributed by atoms with Gasteiger partial charge >= 0.3 is 0 Å². The maximum absolute atomic E-state index is 13.9. The van der Waals surface area contributed by atoms with Crippen LogP contribution in [-0.4, -0.2) is 92.0 Å². The van der Waals surface area contributed by atoms with Crippen molar-refractivity contribution in [3.8, 4) is 0 Å². The third kappa shape index (κ3) is 20.4. The summed E-state index contributed by atoms with van der Waals surface area (Å²) in [4.78, 5) is 53.9. The fraction of sp³-hybridized carbons (Fsp3) is 0.810. The molecule has 0 spiro atoms. The monoisotopic (exact) mass is 779 g/mol. The summed E-state index contributed by atoms with van der Waals surface area (Å²) in [6.45, 7) is 14.9. The Hall–Kier alpha value is -2.68. The number of ether oxygens (including phenoxy) is 2. The zero-order valence-corrected chi connectivity index (χ0v) is 34.8. The molecule has 10 N–H and O–H groups in total. The van der Waals surface area contributed by atoms with Crippen LogP contribution in [0.5, 0.6) is 0 Å². The number of aliphatic hydroxyl groups is 1. The van der Waals surface area contributed by atoms with Gasteiger partial charge in [0.05, 0.1) is 37.4 Å². The molecule has 318 valence electrons. The van der Waals surface area contributed by atoms with Crippen molar-refractivity contribution in [2.75, 3.05) is 32.8 Å². The second-order valence-electron chi connectivity index (χ2n) is 15.6. The minimum absolute atomic E-state index is 0.0352. The van der Waals surface area contributed by atoms with Gasteiger partial charge in [0.15, 0.2) is 5.78 Å². The molecule has 0 aromatic rings. The SMILES string of the molecule is C=CC(CO[C@H](C)CCN)C(=O)NCCO[C@H](CCCCCC)[C@@H](C)C(=O)/C=C(\C)C[C@@H](CCC)C(=O)N[C@H](C(=O)N[C@@H](CN)C(N)O)C1CCCCCC1. The third-order valence-electron chi connectivity index (χ3n) is 10.7. The number of nitrogens with one attached hydrogen (secondary N) is 3. The third-order valence-corrected chi connectivity index (χ3v) is 10.7. The number of nitrogens with two attached hydrogens (primary N) is 3. The quantitative estimate of drug-likeness (QED) is 0.0182. The van der Waals surface area contributed by atoms with Crippen molar-refractivity contribution in [1.82, 2.24) is 16.0 Å². The first-order chi connectivity index (χ1) is 26.3. The molecule has 1 aliphatic carbocycles. The molecule has 1 rings (SSSR count). The molecule has 0 bridgehead atoms. The smallest absolute Gasteiger partial charge is 0.243 e. The van der Waals surface area contributed by atoms with Crippen LogP contribution in [0, 0.1) is 23.7 Å². The van der Waals surface area contributed by atoms with Crippen LogP contribution in [0.15, 0.2) is 24.3 Å². The maximum Gasteiger partial charge on any atom is 0.243 e. The lowest BCUT2D eigenvalue weighted by Crippen LogP contribution is -2.59. The summed E-state index contributed by atoms with van der Waals surface area (Å²) in [6.07, 6.45) is 14.6. The topological polar surface area (TPSA) is 221 Å². The van der Waals surface area contributed by atoms with Crippen LogP contribution in [0.4, 0.5) is 0 Å². The van der Waals surface area contributed by atoms with E-state index in [0.717, 1.165) is 76.2 Å². The van der Waals surface area contributed by atoms with E-state index in [-0.39, 0.29) is 62.0 Å². The van der Waals surface area contributed by atoms with E-state index in [4.69, 9.17) is 26.7 Å². The highest BCUT2D eigenvalue weighted by atomic mass is 16.5. The first-order valence-corrected chi connectivity index (χ1v) is 21.1. The molecular weight excluding hydrogens is 700 g/mol. The Morgan fingerprint density at radius 1 is 0.891 bits per heavy atom. The summed E-state index contributed by atoms with van der Waals surface area (Å²) in [5.74, 6) is -2.29. The summed E-state index contributed by atoms with van der Waals surface area (Å²) in [6, 6.07) is -1.61. The number of ketones is 1. The summed E-state index contributed by atoms with van der Waals surface area (Å²) in [5.41, 5.74) is 17.8. The second-order valence-corrected chi connectivity index (χ2v) is 15.6. The molecule has 0 heterocycles. The number of amides is 3. The van der Waals surface area contributed by atoms with Gasteiger partial charge < -0.3 is 47.7 Å². The van der Waals surface area contributed by atoms with Gasteiger partial charge in [-0.1, -0.05) is 90.2 Å². The van der Waals surface area contributed by atoms with E-state index in [1.54, 1.807) is 12.2 Å². The maximum atomic E-state index is 13.9. The highest BCUT2D eigenvalue weighted by Gasteiger charge is 2.34. The largest absolute Gasteiger partial charge is 0.377 e. The number of hydrogen-bond donors (Lipinski definition) is 7. The highest BCUT2D eigenvalue weighted by molar-refractivity contribution is 5.93. The summed E-state index contributed by atoms with van der Waals surface area (Å²) in [7, 11) is 0. The Morgan fingerprint density at radius 3 is 2.16 bits per heavy atom. The van der Waals surface area contributed by atoms with Gasteiger partial charge in [-0.25, -0.2) is 0 Å². The molecule has 0 aliphatic heterocycles. The van der Waals surface area contributed by atoms with Crippen molar-refractivity contribution in [1.29, 1.82) is 0 Å². The predicted octanol–water partition coefficient (Wildman–Crippen LogP) is 4.15. The van der Waals surface area contributed by atoms with Crippen LogP contribution in [0.2, 0.25) is 0 Å². The number of unbranched alkanes of at least 4 members (excludes halogenated alkanes) is 3. The van der Waals surface area contributed by atoms with Crippen molar-refractivity contribution < 1.29 is 33.8 Å². The van der Waals surface area contributed by atoms with Crippen LogP contribution in [0.25, 0.3) is 0 Å². The molecule has 55 heavy (non-hydrogen) atoms. The van der Waals surface area contributed by atoms with Gasteiger partial charge in [-0.3, -0.25) is 19.2 Å². The number of carbonyl (C=O) groups excluding carboxylic acids is 4. The molecule has 3 amide bonds. The van der Waals surface area contributed by atoms with Crippen molar-refractivity contribution in [2.24, 2.45) is 40.9 Å². The Kier molecular flexibility index (Phi) is 27.0. The van der Waals surface area contributed by atoms with E-state index in [1.165, 1.54) is 0 Å². The van der Waals surface area contributed by atoms with Crippen LogP contribution in [0.3, 0.4) is 0 Å². The molecule has 0 aromatic heterocycles. The van der Waals surface area contributed by atoms with E-state index in [2.05, 4.69) is 29.5 Å². The normalized spacial score (nSPS) is 18.5. The van der Waals surface area contributed by atoms with E-state index < -0.39 is 42.0 Å². The zero-order valence-electron chi connectivity index (χ0n) is 34.8. The Bertz CT molecular complexity index is 1140. The molecule has 0 radical (unpaired) electrons. The second kappa shape index (κ2) is 29.5. The van der Waals surface area contributed by atoms with E-state index in [9.17, 15) is 24.3 Å². The lowest BCUT2D eigenvalue weighted by Gasteiger charge is -2.30. The van der Waals surface area contributed by atoms with Crippen molar-refractivity contribution >= 4 is 23.5 Å². The van der Waals surface area contributed by atoms with Crippen LogP contribution < -0.4 is 33.2 Å². The Morgan fingerprint density at radius 2 is 1.58 bits per heavy atom. The summed E-state index contributed by atoms with van der Waals surface area (Å²) >= 11 is 0. The van der Waals surface area contributed by atoms with Gasteiger partial charge in [0.2, 0.25) is 17.7 Å². The average Bonchev–Trinajstić information content (AvgIpc) is 3.44. The van der Waals surface area contributed by atoms with E-state index >= 15 is 0 Å². The molecule has 1 fully saturated rings. The van der Waals surface area contributed by atoms with Gasteiger partial charge in [-0.15, -0.1) is 6.58 Å². The van der Waals surface area contributed by atoms with Crippen LogP contribution in [-0.2, 0) is 28.7 Å². The number of aliphatic hydroxyl groups excluding tert-OH is 1. The first-order valence-electron chi connectivity index (χ1n) is 21.1. The van der Waals surface area contributed by atoms with Gasteiger partial charge in [-0.2, -0.15) is 0 Å². The molecular formula is C42H78N6O7. The number of allylic oxidation sites excluding steroid dienone is 2. The predicted molar refractivity (Wildman–Crippen MR) is 220 cm³/mol. The first kappa shape index (κ1) is 50.3. The molecule has 0 aromatic carbocycles. The van der Waals surface area contributed by atoms with Crippen LogP contribution >= 0.6 is 0 Å². The van der Waals surface area contributed by atoms with Crippen molar-refractivity contribution in [3.63, 3.8) is 0 Å². The Balaban J connectivity index is 3.00. The molecule has 13 heteroatoms. The highest BCUT2D eigenvalue weighted by Crippen LogP contribution is 2.27. The minimum Gasteiger partial charge on any atom is -0.377 e. The van der Waals surface area contributed by atoms with E-state index in [0.29, 0.717) is 32.2 Å². The lowest BCUT2D eigenvalue weighted by molar-refractivity contribution is -0.133. The van der Waals surface area contributed by atoms with Gasteiger partial charge in [0.1, 0.15) is 12.3 Å². The van der Waals surface area contributed by atoms with E-state index in [1.807, 2.05) is 27.7 Å². The van der Waals surface area contributed by atoms with Crippen molar-refractivity contribution in [3.05, 3.63) is 24.3 Å². The number of hydrogen-bond acceptors (Lipinski definition) is 10. The van der Waals surface area contributed by atoms with Crippen LogP contribution in [0.1, 0.15) is 131 Å². The van der Waals surface area contributed by atoms with Crippen molar-refractivity contribution in [2.45, 2.75) is 161 Å². The molecule has 13 nitrogen and oxygen atoms in total. The standard InChI is InChI=1S/C42H78N6O7/c1-7-10-11-16-20-37(54-24-23-46-40(51)32(9-3)28-55-30(5)21-22-43)31(6)36(49)26-29(4)25-34(17-8-2)41(52)48-38(33-18-14-12-13-15-19-33)42(53)47-35(27-44)39(45)50/h9,26,30-35,37-39,50H,3,7-8,10-25,27-28,43-45H2,1-2,4-6H3,(H,46,51)(H,47,53)(H,48,52)/b29-26+/t30-,31+,32?,34-,35+,37-,38+,39?/m1/s1. The summed E-state index contributed by atoms with van der Waals surface area (Å²) < 4.78 is 12.0. The fourth-order valence-corrected chi connectivity index (χ4v) is 7.15. The number of carbonyl (C=O) groups is 4. The van der Waals surface area contributed by atoms with Gasteiger partial charge in [-0.05, 0) is 70.9 Å². The average molecular weight is 779 g/mol. The van der Waals surface area contributed by atoms with Gasteiger partial charge in [0.25, 0.3) is 0 Å². The fourth-order valence-electron chi connectivity index (χ4n) is 7.15. The molecule has 2 unspecified atom stereocenters. The summed E-state index contributed by atoms with van der Waals surface area (Å²) in [5, 5.41) is 18.7. The van der Waals surface area contributed by atoms with Gasteiger partial charge in [0, 0.05) is 24.9 Å². The molecule has 8 atom stereocenters. The minimum atomic E-state index is -1.32. The zero-order chi connectivity index (χ0) is 41.2. The molecule has 1 saturated carbocycles. The Labute approximate surface area is 332 Å². The number of rotatable bonds is 30. The molecule has 0 saturated heterocycles.